The van der Waals surface area contributed by atoms with Crippen molar-refractivity contribution in [3.8, 4) is 0 Å². The van der Waals surface area contributed by atoms with Gasteiger partial charge in [0.2, 0.25) is 5.91 Å². The van der Waals surface area contributed by atoms with Gasteiger partial charge < -0.3 is 10.6 Å². The Kier molecular flexibility index (Phi) is 4.73. The van der Waals surface area contributed by atoms with Crippen molar-refractivity contribution in [2.45, 2.75) is 38.9 Å². The van der Waals surface area contributed by atoms with Gasteiger partial charge >= 0.3 is 5.69 Å². The third-order valence-electron chi connectivity index (χ3n) is 4.86. The second-order valence-electron chi connectivity index (χ2n) is 6.98. The number of fused-ring (bicyclic) bond motifs is 1. The molecule has 0 atom stereocenters. The number of aromatic nitrogens is 2. The number of nitrogens with one attached hydrogen (secondary N) is 2. The van der Waals surface area contributed by atoms with Gasteiger partial charge in [0.25, 0.3) is 5.91 Å². The number of nitrogens with zero attached hydrogens (tertiary/aromatic N) is 2. The largest absolute Gasteiger partial charge is 0.349 e. The molecule has 7 nitrogen and oxygen atoms in total. The molecule has 1 saturated carbocycles. The summed E-state index contributed by atoms with van der Waals surface area (Å²) in [7, 11) is 0. The number of benzene rings is 2. The highest BCUT2D eigenvalue weighted by molar-refractivity contribution is 5.97. The van der Waals surface area contributed by atoms with E-state index in [2.05, 4.69) is 10.6 Å². The van der Waals surface area contributed by atoms with Crippen LogP contribution in [-0.4, -0.2) is 27.0 Å². The van der Waals surface area contributed by atoms with Crippen molar-refractivity contribution in [3.05, 3.63) is 64.6 Å². The van der Waals surface area contributed by atoms with E-state index in [1.54, 1.807) is 28.8 Å². The van der Waals surface area contributed by atoms with Crippen molar-refractivity contribution in [1.82, 2.24) is 14.5 Å². The summed E-state index contributed by atoms with van der Waals surface area (Å²) < 4.78 is 3.11. The van der Waals surface area contributed by atoms with Gasteiger partial charge in [0, 0.05) is 23.8 Å². The summed E-state index contributed by atoms with van der Waals surface area (Å²) in [5.74, 6) is -0.457. The van der Waals surface area contributed by atoms with Gasteiger partial charge in [-0.25, -0.2) is 4.79 Å². The van der Waals surface area contributed by atoms with E-state index in [-0.39, 0.29) is 30.1 Å². The number of hydrogen-bond donors (Lipinski definition) is 2. The molecule has 2 N–H and O–H groups in total. The Morgan fingerprint density at radius 1 is 1.04 bits per heavy atom. The van der Waals surface area contributed by atoms with Crippen LogP contribution in [0.15, 0.2) is 53.3 Å². The molecule has 3 aromatic rings. The van der Waals surface area contributed by atoms with Gasteiger partial charge in [0.05, 0.1) is 11.0 Å². The fourth-order valence-corrected chi connectivity index (χ4v) is 3.31. The molecule has 1 aliphatic carbocycles. The first kappa shape index (κ1) is 18.0. The van der Waals surface area contributed by atoms with Crippen LogP contribution in [0, 0.1) is 0 Å². The average Bonchev–Trinajstić information content (AvgIpc) is 3.47. The van der Waals surface area contributed by atoms with Crippen LogP contribution in [-0.2, 0) is 17.9 Å². The first-order chi connectivity index (χ1) is 13.6. The maximum atomic E-state index is 12.7. The van der Waals surface area contributed by atoms with E-state index in [9.17, 15) is 14.4 Å². The Bertz CT molecular complexity index is 1110. The number of rotatable bonds is 6. The summed E-state index contributed by atoms with van der Waals surface area (Å²) in [6.07, 6.45) is 2.03. The summed E-state index contributed by atoms with van der Waals surface area (Å²) in [6.45, 7) is 2.34. The third kappa shape index (κ3) is 3.55. The maximum absolute atomic E-state index is 12.7. The fraction of sp³-hybridized carbons (Fsp3) is 0.286. The van der Waals surface area contributed by atoms with E-state index in [0.29, 0.717) is 17.8 Å². The Balaban J connectivity index is 1.52. The van der Waals surface area contributed by atoms with E-state index < -0.39 is 0 Å². The van der Waals surface area contributed by atoms with Crippen molar-refractivity contribution < 1.29 is 9.59 Å². The predicted molar refractivity (Wildman–Crippen MR) is 107 cm³/mol. The number of imidazole rings is 1. The van der Waals surface area contributed by atoms with E-state index in [0.717, 1.165) is 23.9 Å². The van der Waals surface area contributed by atoms with Crippen LogP contribution in [0.5, 0.6) is 0 Å². The number of carbonyl (C=O) groups excluding carboxylic acids is 2. The second kappa shape index (κ2) is 7.34. The van der Waals surface area contributed by atoms with E-state index in [4.69, 9.17) is 0 Å². The Morgan fingerprint density at radius 3 is 2.43 bits per heavy atom. The van der Waals surface area contributed by atoms with Gasteiger partial charge in [0.1, 0.15) is 6.54 Å². The van der Waals surface area contributed by atoms with Crippen LogP contribution in [0.3, 0.4) is 0 Å². The topological polar surface area (TPSA) is 85.1 Å². The molecule has 0 radical (unpaired) electrons. The quantitative estimate of drug-likeness (QED) is 0.690. The molecule has 0 aliphatic heterocycles. The molecule has 4 rings (SSSR count). The number of hydrogen-bond acceptors (Lipinski definition) is 3. The van der Waals surface area contributed by atoms with Crippen LogP contribution in [0.4, 0.5) is 5.69 Å². The highest BCUT2D eigenvalue weighted by atomic mass is 16.2. The van der Waals surface area contributed by atoms with E-state index >= 15 is 0 Å². The normalized spacial score (nSPS) is 13.5. The van der Waals surface area contributed by atoms with Gasteiger partial charge in [-0.2, -0.15) is 0 Å². The summed E-state index contributed by atoms with van der Waals surface area (Å²) in [5, 5.41) is 5.71. The monoisotopic (exact) mass is 378 g/mol. The third-order valence-corrected chi connectivity index (χ3v) is 4.86. The molecule has 0 saturated heterocycles. The number of anilines is 1. The number of para-hydroxylation sites is 2. The minimum atomic E-state index is -0.319. The summed E-state index contributed by atoms with van der Waals surface area (Å²) in [5.41, 5.74) is 2.35. The van der Waals surface area contributed by atoms with Gasteiger partial charge in [-0.15, -0.1) is 0 Å². The lowest BCUT2D eigenvalue weighted by molar-refractivity contribution is -0.116. The number of amides is 2. The first-order valence-corrected chi connectivity index (χ1v) is 9.45. The van der Waals surface area contributed by atoms with Crippen molar-refractivity contribution in [2.24, 2.45) is 0 Å². The van der Waals surface area contributed by atoms with Crippen LogP contribution >= 0.6 is 0 Å². The van der Waals surface area contributed by atoms with Crippen molar-refractivity contribution in [2.75, 3.05) is 5.32 Å². The van der Waals surface area contributed by atoms with Crippen LogP contribution < -0.4 is 16.3 Å². The zero-order valence-corrected chi connectivity index (χ0v) is 15.6. The fourth-order valence-electron chi connectivity index (χ4n) is 3.31. The minimum absolute atomic E-state index is 0.0924. The van der Waals surface area contributed by atoms with E-state index in [1.165, 1.54) is 4.57 Å². The molecular formula is C21H22N4O3. The molecule has 0 spiro atoms. The van der Waals surface area contributed by atoms with Gasteiger partial charge in [-0.3, -0.25) is 18.7 Å². The molecule has 2 amide bonds. The molecule has 28 heavy (non-hydrogen) atoms. The molecular weight excluding hydrogens is 356 g/mol. The standard InChI is InChI=1S/C21H22N4O3/c1-2-24-17-8-3-4-9-18(17)25(21(24)28)13-19(26)22-16-7-5-6-14(12-16)20(27)23-15-10-11-15/h3-9,12,15H,2,10-11,13H2,1H3,(H,22,26)(H,23,27). The lowest BCUT2D eigenvalue weighted by Gasteiger charge is -2.08. The Labute approximate surface area is 162 Å². The molecule has 144 valence electrons. The number of carbonyl (C=O) groups is 2. The van der Waals surface area contributed by atoms with E-state index in [1.807, 2.05) is 31.2 Å². The highest BCUT2D eigenvalue weighted by Crippen LogP contribution is 2.20. The van der Waals surface area contributed by atoms with Crippen molar-refractivity contribution >= 4 is 28.5 Å². The lowest BCUT2D eigenvalue weighted by atomic mass is 10.2. The SMILES string of the molecule is CCn1c(=O)n(CC(=O)Nc2cccc(C(=O)NC3CC3)c2)c2ccccc21. The smallest absolute Gasteiger partial charge is 0.329 e. The Morgan fingerprint density at radius 2 is 1.75 bits per heavy atom. The summed E-state index contributed by atoms with van der Waals surface area (Å²) in [4.78, 5) is 37.4. The second-order valence-corrected chi connectivity index (χ2v) is 6.98. The molecule has 1 aromatic heterocycles. The number of aryl methyl sites for hydroxylation is 1. The lowest BCUT2D eigenvalue weighted by Crippen LogP contribution is -2.29. The van der Waals surface area contributed by atoms with Gasteiger partial charge in [0.15, 0.2) is 0 Å². The zero-order valence-electron chi connectivity index (χ0n) is 15.6. The molecule has 1 heterocycles. The molecule has 7 heteroatoms. The van der Waals surface area contributed by atoms with Crippen molar-refractivity contribution in [3.63, 3.8) is 0 Å². The minimum Gasteiger partial charge on any atom is -0.349 e. The molecule has 0 unspecified atom stereocenters. The summed E-state index contributed by atoms with van der Waals surface area (Å²) >= 11 is 0. The van der Waals surface area contributed by atoms with Crippen LogP contribution in [0.2, 0.25) is 0 Å². The average molecular weight is 378 g/mol. The molecule has 1 aliphatic rings. The predicted octanol–water partition coefficient (Wildman–Crippen LogP) is 2.35. The first-order valence-electron chi connectivity index (χ1n) is 9.45. The maximum Gasteiger partial charge on any atom is 0.329 e. The van der Waals surface area contributed by atoms with Gasteiger partial charge in [-0.05, 0) is 50.1 Å². The molecule has 1 fully saturated rings. The van der Waals surface area contributed by atoms with Crippen LogP contribution in [0.1, 0.15) is 30.1 Å². The highest BCUT2D eigenvalue weighted by Gasteiger charge is 2.24. The van der Waals surface area contributed by atoms with Crippen molar-refractivity contribution in [1.29, 1.82) is 0 Å². The van der Waals surface area contributed by atoms with Crippen LogP contribution in [0.25, 0.3) is 11.0 Å². The zero-order chi connectivity index (χ0) is 19.7. The van der Waals surface area contributed by atoms with Gasteiger partial charge in [-0.1, -0.05) is 18.2 Å². The molecule has 2 aromatic carbocycles. The Hall–Kier alpha value is -3.35. The molecule has 0 bridgehead atoms. The summed E-state index contributed by atoms with van der Waals surface area (Å²) in [6, 6.07) is 14.5.